The van der Waals surface area contributed by atoms with Gasteiger partial charge in [0.1, 0.15) is 5.56 Å². The van der Waals surface area contributed by atoms with Gasteiger partial charge in [0.2, 0.25) is 5.95 Å². The summed E-state index contributed by atoms with van der Waals surface area (Å²) >= 11 is 3.41. The van der Waals surface area contributed by atoms with Crippen molar-refractivity contribution in [3.63, 3.8) is 0 Å². The highest BCUT2D eigenvalue weighted by molar-refractivity contribution is 9.10. The van der Waals surface area contributed by atoms with Crippen molar-refractivity contribution in [3.05, 3.63) is 34.6 Å². The van der Waals surface area contributed by atoms with Crippen molar-refractivity contribution in [2.75, 3.05) is 30.8 Å². The van der Waals surface area contributed by atoms with Crippen LogP contribution in [0.1, 0.15) is 18.4 Å². The minimum Gasteiger partial charge on any atom is -0.453 e. The van der Waals surface area contributed by atoms with Gasteiger partial charge in [0.25, 0.3) is 0 Å². The zero-order chi connectivity index (χ0) is 24.0. The van der Waals surface area contributed by atoms with Crippen molar-refractivity contribution in [3.8, 4) is 11.3 Å². The molecule has 0 radical (unpaired) electrons. The number of rotatable bonds is 4. The van der Waals surface area contributed by atoms with Crippen LogP contribution in [0.3, 0.4) is 0 Å². The first-order chi connectivity index (χ1) is 16.2. The second-order valence-electron chi connectivity index (χ2n) is 8.61. The van der Waals surface area contributed by atoms with Gasteiger partial charge in [-0.2, -0.15) is 13.2 Å². The fourth-order valence-electron chi connectivity index (χ4n) is 4.95. The van der Waals surface area contributed by atoms with E-state index < -0.39 is 17.8 Å². The van der Waals surface area contributed by atoms with Crippen LogP contribution in [-0.4, -0.2) is 47.3 Å². The number of carbonyl (C=O) groups is 1. The zero-order valence-corrected chi connectivity index (χ0v) is 19.7. The van der Waals surface area contributed by atoms with Gasteiger partial charge in [-0.3, -0.25) is 5.32 Å². The fourth-order valence-corrected chi connectivity index (χ4v) is 5.51. The summed E-state index contributed by atoms with van der Waals surface area (Å²) in [4.78, 5) is 22.9. The summed E-state index contributed by atoms with van der Waals surface area (Å²) in [7, 11) is 1.24. The van der Waals surface area contributed by atoms with Gasteiger partial charge >= 0.3 is 12.3 Å². The molecule has 8 nitrogen and oxygen atoms in total. The lowest BCUT2D eigenvalue weighted by Crippen LogP contribution is -2.22. The number of amides is 1. The van der Waals surface area contributed by atoms with Gasteiger partial charge < -0.3 is 20.4 Å². The van der Waals surface area contributed by atoms with Gasteiger partial charge in [-0.15, -0.1) is 0 Å². The molecule has 2 fully saturated rings. The number of nitrogens with one attached hydrogen (secondary N) is 4. The Morgan fingerprint density at radius 2 is 1.97 bits per heavy atom. The first-order valence-corrected chi connectivity index (χ1v) is 11.6. The standard InChI is InChI=1S/C22H22BrF3N6O2/c1-34-21(33)31-16-3-2-13-14(8-28-19(13)17(16)23)18-15(22(24,25)26)9-29-20(32-18)30-12-4-10-6-27-7-11(10)5-12/h2-3,8-12,27-28H,4-7H2,1H3,(H,31,33)(H,29,30,32). The lowest BCUT2D eigenvalue weighted by Gasteiger charge is -2.17. The van der Waals surface area contributed by atoms with Crippen molar-refractivity contribution in [2.45, 2.75) is 25.1 Å². The molecule has 0 spiro atoms. The summed E-state index contributed by atoms with van der Waals surface area (Å²) in [6, 6.07) is 3.34. The number of methoxy groups -OCH3 is 1. The van der Waals surface area contributed by atoms with E-state index in [2.05, 4.69) is 51.6 Å². The molecule has 2 aliphatic rings. The van der Waals surface area contributed by atoms with Gasteiger partial charge in [-0.1, -0.05) is 6.07 Å². The summed E-state index contributed by atoms with van der Waals surface area (Å²) in [6.45, 7) is 1.94. The van der Waals surface area contributed by atoms with Crippen molar-refractivity contribution < 1.29 is 22.7 Å². The SMILES string of the molecule is COC(=O)Nc1ccc2c(-c3nc(NC4CC5CNCC5C4)ncc3C(F)(F)F)c[nH]c2c1Br. The second-order valence-corrected chi connectivity index (χ2v) is 9.41. The quantitative estimate of drug-likeness (QED) is 0.373. The third kappa shape index (κ3) is 4.20. The third-order valence-electron chi connectivity index (χ3n) is 6.55. The number of nitrogens with zero attached hydrogens (tertiary/aromatic N) is 2. The van der Waals surface area contributed by atoms with Crippen LogP contribution in [0, 0.1) is 11.8 Å². The molecule has 34 heavy (non-hydrogen) atoms. The highest BCUT2D eigenvalue weighted by atomic mass is 79.9. The predicted molar refractivity (Wildman–Crippen MR) is 125 cm³/mol. The molecular formula is C22H22BrF3N6O2. The van der Waals surface area contributed by atoms with E-state index in [0.717, 1.165) is 32.1 Å². The van der Waals surface area contributed by atoms with E-state index in [9.17, 15) is 18.0 Å². The molecule has 1 aliphatic carbocycles. The molecule has 12 heteroatoms. The summed E-state index contributed by atoms with van der Waals surface area (Å²) in [5.41, 5.74) is 0.0815. The minimum atomic E-state index is -4.63. The Morgan fingerprint density at radius 1 is 1.24 bits per heavy atom. The number of fused-ring (bicyclic) bond motifs is 2. The molecule has 5 rings (SSSR count). The van der Waals surface area contributed by atoms with Gasteiger partial charge in [-0.05, 0) is 59.8 Å². The number of ether oxygens (including phenoxy) is 1. The first-order valence-electron chi connectivity index (χ1n) is 10.8. The summed E-state index contributed by atoms with van der Waals surface area (Å²) < 4.78 is 46.7. The molecule has 1 saturated carbocycles. The molecule has 1 aromatic carbocycles. The highest BCUT2D eigenvalue weighted by Crippen LogP contribution is 2.42. The Bertz CT molecular complexity index is 1240. The smallest absolute Gasteiger partial charge is 0.419 e. The normalized spacial score (nSPS) is 22.1. The lowest BCUT2D eigenvalue weighted by molar-refractivity contribution is -0.137. The molecule has 1 amide bonds. The Morgan fingerprint density at radius 3 is 2.65 bits per heavy atom. The van der Waals surface area contributed by atoms with Crippen LogP contribution in [0.5, 0.6) is 0 Å². The van der Waals surface area contributed by atoms with Gasteiger partial charge in [-0.25, -0.2) is 14.8 Å². The average Bonchev–Trinajstić information content (AvgIpc) is 3.50. The van der Waals surface area contributed by atoms with Crippen molar-refractivity contribution in [2.24, 2.45) is 11.8 Å². The van der Waals surface area contributed by atoms with E-state index in [1.807, 2.05) is 0 Å². The van der Waals surface area contributed by atoms with Crippen LogP contribution < -0.4 is 16.0 Å². The topological polar surface area (TPSA) is 104 Å². The number of halogens is 4. The summed E-state index contributed by atoms with van der Waals surface area (Å²) in [6.07, 6.45) is -1.10. The van der Waals surface area contributed by atoms with Crippen LogP contribution >= 0.6 is 15.9 Å². The van der Waals surface area contributed by atoms with Gasteiger partial charge in [0.15, 0.2) is 0 Å². The number of alkyl halides is 3. The molecule has 180 valence electrons. The fraction of sp³-hybridized carbons (Fsp3) is 0.409. The monoisotopic (exact) mass is 538 g/mol. The number of hydrogen-bond donors (Lipinski definition) is 4. The number of anilines is 2. The van der Waals surface area contributed by atoms with Crippen LogP contribution in [0.25, 0.3) is 22.2 Å². The molecule has 0 bridgehead atoms. The number of benzene rings is 1. The maximum atomic E-state index is 13.9. The molecule has 2 aromatic heterocycles. The molecule has 3 aromatic rings. The van der Waals surface area contributed by atoms with Crippen molar-refractivity contribution in [1.29, 1.82) is 0 Å². The Balaban J connectivity index is 1.52. The number of hydrogen-bond acceptors (Lipinski definition) is 6. The van der Waals surface area contributed by atoms with Crippen LogP contribution in [0.4, 0.5) is 29.6 Å². The number of aromatic amines is 1. The van der Waals surface area contributed by atoms with E-state index >= 15 is 0 Å². The van der Waals surface area contributed by atoms with E-state index in [-0.39, 0.29) is 23.2 Å². The van der Waals surface area contributed by atoms with E-state index in [1.54, 1.807) is 12.1 Å². The number of H-pyrrole nitrogens is 1. The maximum Gasteiger partial charge on any atom is 0.419 e. The zero-order valence-electron chi connectivity index (χ0n) is 18.1. The Labute approximate surface area is 201 Å². The number of aromatic nitrogens is 3. The van der Waals surface area contributed by atoms with Crippen molar-refractivity contribution >= 4 is 44.6 Å². The van der Waals surface area contributed by atoms with Crippen LogP contribution in [0.2, 0.25) is 0 Å². The highest BCUT2D eigenvalue weighted by Gasteiger charge is 2.39. The van der Waals surface area contributed by atoms with Crippen LogP contribution in [0.15, 0.2) is 29.0 Å². The molecule has 1 aliphatic heterocycles. The second kappa shape index (κ2) is 8.73. The molecular weight excluding hydrogens is 517 g/mol. The summed E-state index contributed by atoms with van der Waals surface area (Å²) in [5, 5.41) is 9.69. The van der Waals surface area contributed by atoms with E-state index in [1.165, 1.54) is 13.3 Å². The molecule has 4 N–H and O–H groups in total. The van der Waals surface area contributed by atoms with Gasteiger partial charge in [0.05, 0.1) is 28.5 Å². The molecule has 2 atom stereocenters. The van der Waals surface area contributed by atoms with Gasteiger partial charge in [0, 0.05) is 29.4 Å². The van der Waals surface area contributed by atoms with E-state index in [4.69, 9.17) is 0 Å². The first kappa shape index (κ1) is 22.9. The molecule has 1 saturated heterocycles. The largest absolute Gasteiger partial charge is 0.453 e. The third-order valence-corrected chi connectivity index (χ3v) is 7.38. The molecule has 3 heterocycles. The number of carbonyl (C=O) groups excluding carboxylic acids is 1. The predicted octanol–water partition coefficient (Wildman–Crippen LogP) is 4.99. The van der Waals surface area contributed by atoms with Crippen LogP contribution in [-0.2, 0) is 10.9 Å². The maximum absolute atomic E-state index is 13.9. The Kier molecular flexibility index (Phi) is 5.88. The lowest BCUT2D eigenvalue weighted by atomic mass is 10.0. The summed E-state index contributed by atoms with van der Waals surface area (Å²) in [5.74, 6) is 1.33. The molecule has 2 unspecified atom stereocenters. The van der Waals surface area contributed by atoms with E-state index in [0.29, 0.717) is 32.9 Å². The minimum absolute atomic E-state index is 0.130. The Hall–Kier alpha value is -2.86. The average molecular weight is 539 g/mol. The van der Waals surface area contributed by atoms with Crippen molar-refractivity contribution in [1.82, 2.24) is 20.3 Å².